The lowest BCUT2D eigenvalue weighted by molar-refractivity contribution is 0.411. The maximum Gasteiger partial charge on any atom is 0.121 e. The number of benzene rings is 1. The Balaban J connectivity index is 2.69. The first-order valence-corrected chi connectivity index (χ1v) is 5.94. The minimum Gasteiger partial charge on any atom is -0.496 e. The lowest BCUT2D eigenvalue weighted by atomic mass is 9.97. The van der Waals surface area contributed by atoms with Crippen molar-refractivity contribution in [3.8, 4) is 5.75 Å². The van der Waals surface area contributed by atoms with Crippen LogP contribution in [0.25, 0.3) is 0 Å². The molecule has 2 nitrogen and oxygen atoms in total. The molecule has 0 unspecified atom stereocenters. The molecule has 0 aliphatic carbocycles. The summed E-state index contributed by atoms with van der Waals surface area (Å²) in [5.41, 5.74) is 8.52. The van der Waals surface area contributed by atoms with Gasteiger partial charge in [-0.3, -0.25) is 0 Å². The lowest BCUT2D eigenvalue weighted by Gasteiger charge is -2.15. The van der Waals surface area contributed by atoms with Crippen molar-refractivity contribution >= 4 is 0 Å². The number of rotatable bonds is 5. The minimum absolute atomic E-state index is 0.145. The molecule has 1 aromatic carbocycles. The van der Waals surface area contributed by atoms with Crippen LogP contribution in [0.15, 0.2) is 18.2 Å². The summed E-state index contributed by atoms with van der Waals surface area (Å²) in [5, 5.41) is 0. The Kier molecular flexibility index (Phi) is 4.81. The number of hydrogen-bond donors (Lipinski definition) is 1. The molecule has 1 atom stereocenters. The first-order valence-electron chi connectivity index (χ1n) is 5.94. The average molecular weight is 221 g/mol. The largest absolute Gasteiger partial charge is 0.496 e. The van der Waals surface area contributed by atoms with Crippen molar-refractivity contribution in [2.75, 3.05) is 7.11 Å². The molecule has 2 heteroatoms. The van der Waals surface area contributed by atoms with Crippen LogP contribution in [0.3, 0.4) is 0 Å². The zero-order valence-electron chi connectivity index (χ0n) is 10.8. The Morgan fingerprint density at radius 2 is 1.94 bits per heavy atom. The van der Waals surface area contributed by atoms with E-state index in [0.717, 1.165) is 17.7 Å². The molecule has 0 aliphatic heterocycles. The molecule has 90 valence electrons. The molecule has 0 aromatic heterocycles. The quantitative estimate of drug-likeness (QED) is 0.826. The Bertz CT molecular complexity index is 334. The number of hydrogen-bond acceptors (Lipinski definition) is 2. The maximum atomic E-state index is 6.16. The van der Waals surface area contributed by atoms with Gasteiger partial charge in [0, 0.05) is 6.04 Å². The van der Waals surface area contributed by atoms with Crippen LogP contribution in [0.2, 0.25) is 0 Å². The predicted molar refractivity (Wildman–Crippen MR) is 68.7 cm³/mol. The van der Waals surface area contributed by atoms with Crippen molar-refractivity contribution in [1.82, 2.24) is 0 Å². The van der Waals surface area contributed by atoms with E-state index in [0.29, 0.717) is 5.92 Å². The molecule has 0 saturated heterocycles. The standard InChI is InChI=1S/C14H23NO/c1-10(2)5-7-13(15)12-6-8-14(16-4)11(3)9-12/h6,8-10,13H,5,7,15H2,1-4H3/t13-/m0/s1. The van der Waals surface area contributed by atoms with Crippen LogP contribution in [0.5, 0.6) is 5.75 Å². The van der Waals surface area contributed by atoms with E-state index < -0.39 is 0 Å². The van der Waals surface area contributed by atoms with E-state index in [9.17, 15) is 0 Å². The normalized spacial score (nSPS) is 12.9. The molecule has 0 radical (unpaired) electrons. The summed E-state index contributed by atoms with van der Waals surface area (Å²) in [6.07, 6.45) is 2.22. The van der Waals surface area contributed by atoms with Gasteiger partial charge in [0.15, 0.2) is 0 Å². The highest BCUT2D eigenvalue weighted by atomic mass is 16.5. The maximum absolute atomic E-state index is 6.16. The van der Waals surface area contributed by atoms with Gasteiger partial charge in [0.1, 0.15) is 5.75 Å². The minimum atomic E-state index is 0.145. The highest BCUT2D eigenvalue weighted by Gasteiger charge is 2.08. The highest BCUT2D eigenvalue weighted by molar-refractivity contribution is 5.37. The summed E-state index contributed by atoms with van der Waals surface area (Å²) >= 11 is 0. The molecule has 2 N–H and O–H groups in total. The van der Waals surface area contributed by atoms with E-state index in [1.807, 2.05) is 6.07 Å². The molecule has 0 saturated carbocycles. The van der Waals surface area contributed by atoms with Gasteiger partial charge in [-0.15, -0.1) is 0 Å². The van der Waals surface area contributed by atoms with Gasteiger partial charge in [0.2, 0.25) is 0 Å². The van der Waals surface area contributed by atoms with Crippen LogP contribution in [0.4, 0.5) is 0 Å². The van der Waals surface area contributed by atoms with Crippen molar-refractivity contribution in [3.05, 3.63) is 29.3 Å². The fraction of sp³-hybridized carbons (Fsp3) is 0.571. The Labute approximate surface area is 98.8 Å². The third-order valence-electron chi connectivity index (χ3n) is 2.90. The van der Waals surface area contributed by atoms with Crippen LogP contribution in [0, 0.1) is 12.8 Å². The van der Waals surface area contributed by atoms with E-state index in [1.54, 1.807) is 7.11 Å². The van der Waals surface area contributed by atoms with Crippen molar-refractivity contribution in [2.24, 2.45) is 11.7 Å². The van der Waals surface area contributed by atoms with E-state index in [4.69, 9.17) is 10.5 Å². The van der Waals surface area contributed by atoms with E-state index >= 15 is 0 Å². The van der Waals surface area contributed by atoms with Gasteiger partial charge < -0.3 is 10.5 Å². The Hall–Kier alpha value is -1.02. The second-order valence-electron chi connectivity index (χ2n) is 4.81. The summed E-state index contributed by atoms with van der Waals surface area (Å²) in [5.74, 6) is 1.64. The van der Waals surface area contributed by atoms with Crippen molar-refractivity contribution in [1.29, 1.82) is 0 Å². The zero-order valence-corrected chi connectivity index (χ0v) is 10.8. The molecule has 1 rings (SSSR count). The van der Waals surface area contributed by atoms with Gasteiger partial charge in [-0.05, 0) is 42.9 Å². The van der Waals surface area contributed by atoms with E-state index in [1.165, 1.54) is 12.0 Å². The molecular formula is C14H23NO. The lowest BCUT2D eigenvalue weighted by Crippen LogP contribution is -2.11. The average Bonchev–Trinajstić information content (AvgIpc) is 2.25. The summed E-state index contributed by atoms with van der Waals surface area (Å²) in [6.45, 7) is 6.51. The topological polar surface area (TPSA) is 35.2 Å². The van der Waals surface area contributed by atoms with Crippen LogP contribution in [-0.4, -0.2) is 7.11 Å². The molecule has 0 spiro atoms. The zero-order chi connectivity index (χ0) is 12.1. The molecule has 16 heavy (non-hydrogen) atoms. The summed E-state index contributed by atoms with van der Waals surface area (Å²) in [4.78, 5) is 0. The van der Waals surface area contributed by atoms with Crippen LogP contribution in [0.1, 0.15) is 43.9 Å². The first-order chi connectivity index (χ1) is 7.54. The SMILES string of the molecule is COc1ccc([C@@H](N)CCC(C)C)cc1C. The number of methoxy groups -OCH3 is 1. The number of nitrogens with two attached hydrogens (primary N) is 1. The second kappa shape index (κ2) is 5.90. The molecule has 0 bridgehead atoms. The summed E-state index contributed by atoms with van der Waals surface area (Å²) < 4.78 is 5.24. The predicted octanol–water partition coefficient (Wildman–Crippen LogP) is 3.44. The van der Waals surface area contributed by atoms with Crippen LogP contribution >= 0.6 is 0 Å². The van der Waals surface area contributed by atoms with Crippen molar-refractivity contribution in [2.45, 2.75) is 39.7 Å². The highest BCUT2D eigenvalue weighted by Crippen LogP contribution is 2.24. The van der Waals surface area contributed by atoms with Crippen molar-refractivity contribution < 1.29 is 4.74 Å². The van der Waals surface area contributed by atoms with Gasteiger partial charge in [-0.1, -0.05) is 26.0 Å². The van der Waals surface area contributed by atoms with E-state index in [-0.39, 0.29) is 6.04 Å². The second-order valence-corrected chi connectivity index (χ2v) is 4.81. The third kappa shape index (κ3) is 3.53. The van der Waals surface area contributed by atoms with E-state index in [2.05, 4.69) is 32.9 Å². The van der Waals surface area contributed by atoms with Gasteiger partial charge in [-0.25, -0.2) is 0 Å². The molecule has 1 aromatic rings. The summed E-state index contributed by atoms with van der Waals surface area (Å²) in [7, 11) is 1.70. The Morgan fingerprint density at radius 1 is 1.25 bits per heavy atom. The van der Waals surface area contributed by atoms with Gasteiger partial charge in [0.05, 0.1) is 7.11 Å². The number of ether oxygens (including phenoxy) is 1. The molecular weight excluding hydrogens is 198 g/mol. The van der Waals surface area contributed by atoms with Crippen LogP contribution < -0.4 is 10.5 Å². The van der Waals surface area contributed by atoms with Crippen molar-refractivity contribution in [3.63, 3.8) is 0 Å². The molecule has 0 fully saturated rings. The van der Waals surface area contributed by atoms with Gasteiger partial charge >= 0.3 is 0 Å². The van der Waals surface area contributed by atoms with Gasteiger partial charge in [-0.2, -0.15) is 0 Å². The third-order valence-corrected chi connectivity index (χ3v) is 2.90. The first kappa shape index (κ1) is 13.0. The fourth-order valence-corrected chi connectivity index (χ4v) is 1.81. The smallest absolute Gasteiger partial charge is 0.121 e. The Morgan fingerprint density at radius 3 is 2.44 bits per heavy atom. The number of aryl methyl sites for hydroxylation is 1. The summed E-state index contributed by atoms with van der Waals surface area (Å²) in [6, 6.07) is 6.34. The molecule has 0 heterocycles. The molecule has 0 aliphatic rings. The van der Waals surface area contributed by atoms with Gasteiger partial charge in [0.25, 0.3) is 0 Å². The van der Waals surface area contributed by atoms with Crippen LogP contribution in [-0.2, 0) is 0 Å². The molecule has 0 amide bonds. The monoisotopic (exact) mass is 221 g/mol. The fourth-order valence-electron chi connectivity index (χ4n) is 1.81.